The number of fused-ring (bicyclic) bond motifs is 1. The van der Waals surface area contributed by atoms with E-state index in [1.807, 2.05) is 30.4 Å². The van der Waals surface area contributed by atoms with Crippen LogP contribution in [0.2, 0.25) is 0 Å². The van der Waals surface area contributed by atoms with E-state index in [9.17, 15) is 0 Å². The number of amidine groups is 2. The Bertz CT molecular complexity index is 666. The largest absolute Gasteiger partial charge is 0.472 e. The van der Waals surface area contributed by atoms with E-state index in [0.29, 0.717) is 0 Å². The summed E-state index contributed by atoms with van der Waals surface area (Å²) in [4.78, 5) is 18.1. The molecule has 0 aromatic carbocycles. The number of nitrogens with zero attached hydrogens (tertiary/aromatic N) is 5. The molecule has 1 N–H and O–H groups in total. The van der Waals surface area contributed by atoms with Crippen molar-refractivity contribution in [2.45, 2.75) is 13.1 Å². The monoisotopic (exact) mass is 298 g/mol. The van der Waals surface area contributed by atoms with E-state index in [4.69, 9.17) is 9.41 Å². The Kier molecular flexibility index (Phi) is 3.27. The highest BCUT2D eigenvalue weighted by molar-refractivity contribution is 6.44. The van der Waals surface area contributed by atoms with Crippen LogP contribution in [0.25, 0.3) is 5.70 Å². The van der Waals surface area contributed by atoms with Gasteiger partial charge in [-0.05, 0) is 13.0 Å². The van der Waals surface area contributed by atoms with Crippen LogP contribution in [0.15, 0.2) is 44.2 Å². The molecule has 114 valence electrons. The van der Waals surface area contributed by atoms with Gasteiger partial charge in [0, 0.05) is 31.7 Å². The smallest absolute Gasteiger partial charge is 0.179 e. The number of piperazine rings is 1. The molecule has 1 saturated heterocycles. The van der Waals surface area contributed by atoms with Crippen molar-refractivity contribution in [2.24, 2.45) is 15.0 Å². The molecule has 0 saturated carbocycles. The zero-order chi connectivity index (χ0) is 14.9. The number of nitrogens with one attached hydrogen (secondary N) is 1. The summed E-state index contributed by atoms with van der Waals surface area (Å²) in [5.41, 5.74) is 1.90. The van der Waals surface area contributed by atoms with Gasteiger partial charge in [0.2, 0.25) is 0 Å². The highest BCUT2D eigenvalue weighted by Crippen LogP contribution is 2.25. The first-order chi connectivity index (χ1) is 10.8. The van der Waals surface area contributed by atoms with Crippen molar-refractivity contribution in [3.63, 3.8) is 0 Å². The molecule has 4 heterocycles. The molecule has 1 aromatic rings. The van der Waals surface area contributed by atoms with Crippen molar-refractivity contribution in [3.05, 3.63) is 30.4 Å². The number of hydrogen-bond donors (Lipinski definition) is 1. The van der Waals surface area contributed by atoms with Gasteiger partial charge in [0.15, 0.2) is 11.7 Å². The topological polar surface area (TPSA) is 68.7 Å². The van der Waals surface area contributed by atoms with Crippen LogP contribution in [0.5, 0.6) is 0 Å². The van der Waals surface area contributed by atoms with E-state index in [2.05, 4.69) is 20.2 Å². The maximum Gasteiger partial charge on any atom is 0.179 e. The normalized spacial score (nSPS) is 24.6. The predicted octanol–water partition coefficient (Wildman–Crippen LogP) is 0.984. The van der Waals surface area contributed by atoms with E-state index >= 15 is 0 Å². The van der Waals surface area contributed by atoms with Crippen LogP contribution in [0.4, 0.5) is 0 Å². The second-order valence-electron chi connectivity index (χ2n) is 5.44. The summed E-state index contributed by atoms with van der Waals surface area (Å²) in [6.07, 6.45) is 6.99. The van der Waals surface area contributed by atoms with Crippen molar-refractivity contribution in [3.8, 4) is 0 Å². The summed E-state index contributed by atoms with van der Waals surface area (Å²) in [6, 6.07) is 1.92. The quantitative estimate of drug-likeness (QED) is 0.839. The molecule has 3 aliphatic rings. The van der Waals surface area contributed by atoms with Gasteiger partial charge < -0.3 is 14.6 Å². The van der Waals surface area contributed by atoms with Gasteiger partial charge in [0.1, 0.15) is 6.17 Å². The molecule has 4 rings (SSSR count). The Balaban J connectivity index is 1.74. The molecule has 0 aliphatic carbocycles. The van der Waals surface area contributed by atoms with Gasteiger partial charge in [-0.3, -0.25) is 4.90 Å². The zero-order valence-electron chi connectivity index (χ0n) is 12.4. The van der Waals surface area contributed by atoms with E-state index in [-0.39, 0.29) is 6.17 Å². The van der Waals surface area contributed by atoms with Crippen LogP contribution >= 0.6 is 0 Å². The standard InChI is InChI=1S/C15H18N6O/c1-11-18-10-21-13(12-2-7-22-9-12)8-17-14(15(21)19-11)20-5-3-16-4-6-20/h2,7-11,16H,3-6H2,1H3. The van der Waals surface area contributed by atoms with E-state index in [1.165, 1.54) is 0 Å². The minimum Gasteiger partial charge on any atom is -0.472 e. The first-order valence-corrected chi connectivity index (χ1v) is 7.50. The fraction of sp³-hybridized carbons (Fsp3) is 0.400. The Morgan fingerprint density at radius 3 is 2.91 bits per heavy atom. The summed E-state index contributed by atoms with van der Waals surface area (Å²) in [5.74, 6) is 1.79. The summed E-state index contributed by atoms with van der Waals surface area (Å²) in [6.45, 7) is 5.78. The molecule has 3 aliphatic heterocycles. The maximum absolute atomic E-state index is 5.19. The lowest BCUT2D eigenvalue weighted by atomic mass is 10.2. The van der Waals surface area contributed by atoms with Crippen molar-refractivity contribution >= 4 is 23.7 Å². The lowest BCUT2D eigenvalue weighted by Gasteiger charge is -2.37. The van der Waals surface area contributed by atoms with Gasteiger partial charge in [0.05, 0.1) is 30.8 Å². The van der Waals surface area contributed by atoms with E-state index in [1.54, 1.807) is 12.5 Å². The fourth-order valence-corrected chi connectivity index (χ4v) is 2.80. The first kappa shape index (κ1) is 13.3. The van der Waals surface area contributed by atoms with Crippen molar-refractivity contribution in [1.29, 1.82) is 0 Å². The van der Waals surface area contributed by atoms with Crippen molar-refractivity contribution < 1.29 is 4.42 Å². The van der Waals surface area contributed by atoms with Crippen molar-refractivity contribution in [2.75, 3.05) is 26.2 Å². The van der Waals surface area contributed by atoms with Crippen LogP contribution in [-0.2, 0) is 0 Å². The molecule has 1 aromatic heterocycles. The molecule has 0 amide bonds. The van der Waals surface area contributed by atoms with Crippen LogP contribution in [0, 0.1) is 0 Å². The van der Waals surface area contributed by atoms with Crippen LogP contribution in [-0.4, -0.2) is 60.2 Å². The number of aliphatic imine (C=N–C) groups is 3. The summed E-state index contributed by atoms with van der Waals surface area (Å²) >= 11 is 0. The van der Waals surface area contributed by atoms with Crippen molar-refractivity contribution in [1.82, 2.24) is 15.1 Å². The lowest BCUT2D eigenvalue weighted by Crippen LogP contribution is -2.53. The number of rotatable bonds is 1. The van der Waals surface area contributed by atoms with Crippen LogP contribution in [0.1, 0.15) is 12.5 Å². The van der Waals surface area contributed by atoms with Gasteiger partial charge in [-0.25, -0.2) is 15.0 Å². The van der Waals surface area contributed by atoms with Crippen LogP contribution in [0.3, 0.4) is 0 Å². The molecule has 1 fully saturated rings. The van der Waals surface area contributed by atoms with E-state index in [0.717, 1.165) is 49.1 Å². The average molecular weight is 298 g/mol. The highest BCUT2D eigenvalue weighted by atomic mass is 16.3. The Morgan fingerprint density at radius 1 is 1.27 bits per heavy atom. The van der Waals surface area contributed by atoms with Gasteiger partial charge in [0.25, 0.3) is 0 Å². The van der Waals surface area contributed by atoms with Gasteiger partial charge in [-0.1, -0.05) is 0 Å². The lowest BCUT2D eigenvalue weighted by molar-refractivity contribution is 0.359. The average Bonchev–Trinajstić information content (AvgIpc) is 3.08. The minimum atomic E-state index is -0.0805. The third-order valence-electron chi connectivity index (χ3n) is 3.94. The Labute approximate surface area is 128 Å². The third kappa shape index (κ3) is 2.23. The second kappa shape index (κ2) is 5.42. The highest BCUT2D eigenvalue weighted by Gasteiger charge is 2.31. The molecule has 7 nitrogen and oxygen atoms in total. The van der Waals surface area contributed by atoms with Gasteiger partial charge in [-0.15, -0.1) is 0 Å². The molecular formula is C15H18N6O. The maximum atomic E-state index is 5.19. The van der Waals surface area contributed by atoms with E-state index < -0.39 is 0 Å². The minimum absolute atomic E-state index is 0.0805. The molecule has 22 heavy (non-hydrogen) atoms. The predicted molar refractivity (Wildman–Crippen MR) is 85.8 cm³/mol. The summed E-state index contributed by atoms with van der Waals surface area (Å²) < 4.78 is 5.19. The number of furan rings is 1. The number of hydrogen-bond acceptors (Lipinski definition) is 7. The Hall–Kier alpha value is -2.41. The molecule has 1 atom stereocenters. The van der Waals surface area contributed by atoms with Crippen LogP contribution < -0.4 is 5.32 Å². The molecule has 1 unspecified atom stereocenters. The third-order valence-corrected chi connectivity index (χ3v) is 3.94. The van der Waals surface area contributed by atoms with Gasteiger partial charge >= 0.3 is 0 Å². The fourth-order valence-electron chi connectivity index (χ4n) is 2.80. The molecular weight excluding hydrogens is 280 g/mol. The van der Waals surface area contributed by atoms with Gasteiger partial charge in [-0.2, -0.15) is 0 Å². The second-order valence-corrected chi connectivity index (χ2v) is 5.44. The summed E-state index contributed by atoms with van der Waals surface area (Å²) in [7, 11) is 0. The molecule has 7 heteroatoms. The molecule has 0 radical (unpaired) electrons. The zero-order valence-corrected chi connectivity index (χ0v) is 12.4. The SMILES string of the molecule is CC1N=CN2C(c3ccoc3)=CN=C(N3CCNCC3)C2=N1. The molecule has 0 spiro atoms. The first-order valence-electron chi connectivity index (χ1n) is 7.50. The molecule has 0 bridgehead atoms. The Morgan fingerprint density at radius 2 is 2.14 bits per heavy atom. The summed E-state index contributed by atoms with van der Waals surface area (Å²) in [5, 5.41) is 3.36.